The third-order valence-corrected chi connectivity index (χ3v) is 5.46. The molecule has 2 aliphatic rings. The molecule has 26 heavy (non-hydrogen) atoms. The van der Waals surface area contributed by atoms with Gasteiger partial charge in [0.1, 0.15) is 0 Å². The second-order valence-corrected chi connectivity index (χ2v) is 7.28. The molecule has 138 valence electrons. The van der Waals surface area contributed by atoms with Gasteiger partial charge in [-0.2, -0.15) is 10.1 Å². The van der Waals surface area contributed by atoms with Crippen molar-refractivity contribution in [2.75, 3.05) is 41.3 Å². The van der Waals surface area contributed by atoms with Crippen LogP contribution < -0.4 is 15.1 Å². The van der Waals surface area contributed by atoms with Crippen LogP contribution in [0.5, 0.6) is 0 Å². The minimum atomic E-state index is 0.490. The van der Waals surface area contributed by atoms with E-state index in [1.165, 1.54) is 44.2 Å². The highest BCUT2D eigenvalue weighted by molar-refractivity contribution is 5.49. The van der Waals surface area contributed by atoms with Crippen LogP contribution in [0.3, 0.4) is 0 Å². The van der Waals surface area contributed by atoms with Gasteiger partial charge < -0.3 is 15.1 Å². The molecule has 0 amide bonds. The van der Waals surface area contributed by atoms with E-state index in [1.54, 1.807) is 6.20 Å². The minimum Gasteiger partial charge on any atom is -0.368 e. The molecule has 6 heteroatoms. The molecule has 1 N–H and O–H groups in total. The summed E-state index contributed by atoms with van der Waals surface area (Å²) in [4.78, 5) is 9.48. The van der Waals surface area contributed by atoms with Gasteiger partial charge in [-0.05, 0) is 25.0 Å². The van der Waals surface area contributed by atoms with Crippen molar-refractivity contribution in [3.63, 3.8) is 0 Å². The Kier molecular flexibility index (Phi) is 5.47. The first kappa shape index (κ1) is 17.1. The lowest BCUT2D eigenvalue weighted by molar-refractivity contribution is 0.610. The van der Waals surface area contributed by atoms with E-state index < -0.39 is 0 Å². The molecule has 2 aromatic rings. The zero-order valence-electron chi connectivity index (χ0n) is 15.3. The molecular weight excluding hydrogens is 324 g/mol. The van der Waals surface area contributed by atoms with E-state index in [0.717, 1.165) is 32.0 Å². The monoisotopic (exact) mass is 352 g/mol. The molecule has 0 atom stereocenters. The average molecular weight is 352 g/mol. The third-order valence-electron chi connectivity index (χ3n) is 5.46. The number of rotatable bonds is 4. The molecule has 2 fully saturated rings. The van der Waals surface area contributed by atoms with Gasteiger partial charge in [0.2, 0.25) is 5.95 Å². The highest BCUT2D eigenvalue weighted by atomic mass is 15.3. The van der Waals surface area contributed by atoms with Crippen LogP contribution in [-0.4, -0.2) is 47.4 Å². The van der Waals surface area contributed by atoms with Crippen molar-refractivity contribution in [1.29, 1.82) is 0 Å². The maximum Gasteiger partial charge on any atom is 0.244 e. The quantitative estimate of drug-likeness (QED) is 0.852. The number of piperazine rings is 1. The van der Waals surface area contributed by atoms with Crippen molar-refractivity contribution in [3.05, 3.63) is 36.5 Å². The van der Waals surface area contributed by atoms with Crippen LogP contribution >= 0.6 is 0 Å². The van der Waals surface area contributed by atoms with Gasteiger partial charge in [0.25, 0.3) is 0 Å². The van der Waals surface area contributed by atoms with Gasteiger partial charge in [0.15, 0.2) is 5.82 Å². The zero-order chi connectivity index (χ0) is 17.6. The lowest BCUT2D eigenvalue weighted by Crippen LogP contribution is -2.47. The van der Waals surface area contributed by atoms with Crippen LogP contribution in [-0.2, 0) is 0 Å². The molecule has 1 saturated heterocycles. The molecule has 4 rings (SSSR count). The molecular formula is C20H28N6. The van der Waals surface area contributed by atoms with Gasteiger partial charge in [-0.3, -0.25) is 0 Å². The van der Waals surface area contributed by atoms with E-state index in [9.17, 15) is 0 Å². The summed E-state index contributed by atoms with van der Waals surface area (Å²) in [6.07, 6.45) is 9.51. The van der Waals surface area contributed by atoms with E-state index in [2.05, 4.69) is 55.6 Å². The summed E-state index contributed by atoms with van der Waals surface area (Å²) in [5.41, 5.74) is 1.30. The fourth-order valence-electron chi connectivity index (χ4n) is 3.95. The minimum absolute atomic E-state index is 0.490. The van der Waals surface area contributed by atoms with Crippen molar-refractivity contribution in [3.8, 4) is 0 Å². The van der Waals surface area contributed by atoms with Crippen LogP contribution in [0.1, 0.15) is 38.5 Å². The number of benzene rings is 1. The largest absolute Gasteiger partial charge is 0.368 e. The highest BCUT2D eigenvalue weighted by Gasteiger charge is 2.20. The van der Waals surface area contributed by atoms with Crippen molar-refractivity contribution in [2.45, 2.75) is 44.6 Å². The van der Waals surface area contributed by atoms with Crippen LogP contribution in [0.2, 0.25) is 0 Å². The first-order valence-electron chi connectivity index (χ1n) is 9.90. The van der Waals surface area contributed by atoms with Crippen molar-refractivity contribution in [2.24, 2.45) is 0 Å². The molecule has 1 aromatic heterocycles. The number of para-hydroxylation sites is 1. The molecule has 6 nitrogen and oxygen atoms in total. The predicted octanol–water partition coefficient (Wildman–Crippen LogP) is 3.33. The number of anilines is 3. The normalized spacial score (nSPS) is 19.2. The second kappa shape index (κ2) is 8.34. The Labute approximate surface area is 155 Å². The topological polar surface area (TPSA) is 57.2 Å². The Morgan fingerprint density at radius 2 is 1.54 bits per heavy atom. The SMILES string of the molecule is c1ccc(N2CCN(c3cnnc(NC4CCCCCC4)n3)CC2)cc1. The fraction of sp³-hybridized carbons (Fsp3) is 0.550. The standard InChI is InChI=1S/C20H28N6/c1-2-5-9-17(8-4-1)22-20-23-19(16-21-24-20)26-14-12-25(13-15-26)18-10-6-3-7-11-18/h3,6-7,10-11,16-17H,1-2,4-5,8-9,12-15H2,(H,22,23,24). The van der Waals surface area contributed by atoms with Gasteiger partial charge in [-0.15, -0.1) is 5.10 Å². The Balaban J connectivity index is 1.36. The summed E-state index contributed by atoms with van der Waals surface area (Å²) in [6, 6.07) is 11.1. The van der Waals surface area contributed by atoms with E-state index >= 15 is 0 Å². The fourth-order valence-corrected chi connectivity index (χ4v) is 3.95. The maximum absolute atomic E-state index is 4.74. The van der Waals surface area contributed by atoms with E-state index in [4.69, 9.17) is 4.98 Å². The molecule has 0 spiro atoms. The summed E-state index contributed by atoms with van der Waals surface area (Å²) in [5.74, 6) is 1.61. The lowest BCUT2D eigenvalue weighted by Gasteiger charge is -2.36. The van der Waals surface area contributed by atoms with E-state index in [-0.39, 0.29) is 0 Å². The summed E-state index contributed by atoms with van der Waals surface area (Å²) in [7, 11) is 0. The van der Waals surface area contributed by atoms with Gasteiger partial charge >= 0.3 is 0 Å². The van der Waals surface area contributed by atoms with Gasteiger partial charge in [0.05, 0.1) is 6.20 Å². The maximum atomic E-state index is 4.74. The number of hydrogen-bond donors (Lipinski definition) is 1. The summed E-state index contributed by atoms with van der Waals surface area (Å²) >= 11 is 0. The van der Waals surface area contributed by atoms with Crippen LogP contribution in [0.4, 0.5) is 17.5 Å². The zero-order valence-corrected chi connectivity index (χ0v) is 15.3. The molecule has 1 aromatic carbocycles. The summed E-state index contributed by atoms with van der Waals surface area (Å²) in [5, 5.41) is 11.9. The highest BCUT2D eigenvalue weighted by Crippen LogP contribution is 2.21. The molecule has 1 aliphatic carbocycles. The lowest BCUT2D eigenvalue weighted by atomic mass is 10.1. The smallest absolute Gasteiger partial charge is 0.244 e. The number of nitrogens with one attached hydrogen (secondary N) is 1. The Bertz CT molecular complexity index is 676. The molecule has 0 bridgehead atoms. The summed E-state index contributed by atoms with van der Waals surface area (Å²) < 4.78 is 0. The average Bonchev–Trinajstić information content (AvgIpc) is 2.98. The number of nitrogens with zero attached hydrogens (tertiary/aromatic N) is 5. The molecule has 0 unspecified atom stereocenters. The molecule has 1 saturated carbocycles. The van der Waals surface area contributed by atoms with Crippen molar-refractivity contribution in [1.82, 2.24) is 15.2 Å². The van der Waals surface area contributed by atoms with E-state index in [1.807, 2.05) is 0 Å². The van der Waals surface area contributed by atoms with Gasteiger partial charge in [0, 0.05) is 37.9 Å². The first-order valence-corrected chi connectivity index (χ1v) is 9.90. The van der Waals surface area contributed by atoms with Crippen molar-refractivity contribution >= 4 is 17.5 Å². The first-order chi connectivity index (χ1) is 12.9. The van der Waals surface area contributed by atoms with Crippen molar-refractivity contribution < 1.29 is 0 Å². The number of hydrogen-bond acceptors (Lipinski definition) is 6. The van der Waals surface area contributed by atoms with Crippen LogP contribution in [0.25, 0.3) is 0 Å². The molecule has 2 heterocycles. The van der Waals surface area contributed by atoms with Crippen LogP contribution in [0.15, 0.2) is 36.5 Å². The molecule has 0 radical (unpaired) electrons. The van der Waals surface area contributed by atoms with Crippen LogP contribution in [0, 0.1) is 0 Å². The van der Waals surface area contributed by atoms with E-state index in [0.29, 0.717) is 12.0 Å². The Hall–Kier alpha value is -2.37. The summed E-state index contributed by atoms with van der Waals surface area (Å²) in [6.45, 7) is 3.91. The predicted molar refractivity (Wildman–Crippen MR) is 106 cm³/mol. The number of aromatic nitrogens is 3. The third kappa shape index (κ3) is 4.23. The van der Waals surface area contributed by atoms with Gasteiger partial charge in [-0.1, -0.05) is 43.9 Å². The van der Waals surface area contributed by atoms with Gasteiger partial charge in [-0.25, -0.2) is 0 Å². The Morgan fingerprint density at radius 1 is 0.846 bits per heavy atom. The Morgan fingerprint density at radius 3 is 2.27 bits per heavy atom. The second-order valence-electron chi connectivity index (χ2n) is 7.28. The molecule has 1 aliphatic heterocycles.